The Morgan fingerprint density at radius 1 is 1.24 bits per heavy atom. The minimum absolute atomic E-state index is 0.0917. The standard InChI is InChI=1S/C19H29N3O3/c1-13(2)22(14(3)4)11-10-20-19(24)18-17(21-16(23)12-25-18)15-8-6-5-7-9-15/h5-9,13-14,17-18H,10-12H2,1-4H3,(H,20,24)(H,21,23)/t17-,18+/m1/s1. The van der Waals surface area contributed by atoms with Gasteiger partial charge in [0.2, 0.25) is 5.91 Å². The van der Waals surface area contributed by atoms with E-state index in [4.69, 9.17) is 4.74 Å². The van der Waals surface area contributed by atoms with E-state index >= 15 is 0 Å². The fraction of sp³-hybridized carbons (Fsp3) is 0.579. The van der Waals surface area contributed by atoms with E-state index in [0.29, 0.717) is 18.6 Å². The molecule has 1 aromatic rings. The number of nitrogens with zero attached hydrogens (tertiary/aromatic N) is 1. The van der Waals surface area contributed by atoms with Crippen LogP contribution in [0.3, 0.4) is 0 Å². The van der Waals surface area contributed by atoms with Crippen molar-refractivity contribution in [3.63, 3.8) is 0 Å². The fourth-order valence-corrected chi connectivity index (χ4v) is 3.22. The van der Waals surface area contributed by atoms with Crippen LogP contribution >= 0.6 is 0 Å². The molecular formula is C19H29N3O3. The molecule has 0 unspecified atom stereocenters. The largest absolute Gasteiger partial charge is 0.356 e. The molecule has 2 atom stereocenters. The first-order valence-electron chi connectivity index (χ1n) is 8.89. The van der Waals surface area contributed by atoms with E-state index in [1.54, 1.807) is 0 Å². The summed E-state index contributed by atoms with van der Waals surface area (Å²) in [6.07, 6.45) is -0.716. The van der Waals surface area contributed by atoms with Crippen molar-refractivity contribution in [1.29, 1.82) is 0 Å². The lowest BCUT2D eigenvalue weighted by atomic mass is 9.99. The van der Waals surface area contributed by atoms with Gasteiger partial charge in [-0.25, -0.2) is 0 Å². The molecule has 6 heteroatoms. The van der Waals surface area contributed by atoms with Crippen LogP contribution in [0, 0.1) is 0 Å². The van der Waals surface area contributed by atoms with Crippen LogP contribution in [0.25, 0.3) is 0 Å². The van der Waals surface area contributed by atoms with Gasteiger partial charge in [-0.2, -0.15) is 0 Å². The molecule has 1 heterocycles. The number of hydrogen-bond donors (Lipinski definition) is 2. The van der Waals surface area contributed by atoms with Crippen molar-refractivity contribution in [2.75, 3.05) is 19.7 Å². The Hall–Kier alpha value is -1.92. The second-order valence-corrected chi connectivity index (χ2v) is 6.90. The van der Waals surface area contributed by atoms with E-state index < -0.39 is 12.1 Å². The van der Waals surface area contributed by atoms with Crippen molar-refractivity contribution < 1.29 is 14.3 Å². The molecule has 1 aliphatic heterocycles. The molecule has 1 saturated heterocycles. The van der Waals surface area contributed by atoms with Gasteiger partial charge in [-0.15, -0.1) is 0 Å². The van der Waals surface area contributed by atoms with E-state index in [1.165, 1.54) is 0 Å². The van der Waals surface area contributed by atoms with Crippen molar-refractivity contribution in [1.82, 2.24) is 15.5 Å². The van der Waals surface area contributed by atoms with Crippen molar-refractivity contribution in [3.8, 4) is 0 Å². The smallest absolute Gasteiger partial charge is 0.251 e. The summed E-state index contributed by atoms with van der Waals surface area (Å²) in [7, 11) is 0. The Kier molecular flexibility index (Phi) is 6.96. The summed E-state index contributed by atoms with van der Waals surface area (Å²) in [6.45, 7) is 9.81. The fourth-order valence-electron chi connectivity index (χ4n) is 3.22. The van der Waals surface area contributed by atoms with Crippen LogP contribution < -0.4 is 10.6 Å². The highest BCUT2D eigenvalue weighted by Gasteiger charge is 2.35. The summed E-state index contributed by atoms with van der Waals surface area (Å²) in [5.74, 6) is -0.398. The summed E-state index contributed by atoms with van der Waals surface area (Å²) < 4.78 is 5.53. The Morgan fingerprint density at radius 3 is 2.48 bits per heavy atom. The Morgan fingerprint density at radius 2 is 1.88 bits per heavy atom. The number of benzene rings is 1. The van der Waals surface area contributed by atoms with Gasteiger partial charge in [0.1, 0.15) is 6.61 Å². The summed E-state index contributed by atoms with van der Waals surface area (Å²) >= 11 is 0. The molecule has 0 aromatic heterocycles. The molecule has 138 valence electrons. The molecule has 0 saturated carbocycles. The second-order valence-electron chi connectivity index (χ2n) is 6.90. The zero-order chi connectivity index (χ0) is 18.4. The molecule has 2 N–H and O–H groups in total. The highest BCUT2D eigenvalue weighted by molar-refractivity contribution is 5.86. The third-order valence-corrected chi connectivity index (χ3v) is 4.43. The number of amides is 2. The first-order chi connectivity index (χ1) is 11.9. The molecular weight excluding hydrogens is 318 g/mol. The Labute approximate surface area is 149 Å². The van der Waals surface area contributed by atoms with Crippen LogP contribution in [-0.2, 0) is 14.3 Å². The van der Waals surface area contributed by atoms with Crippen LogP contribution in [0.2, 0.25) is 0 Å². The van der Waals surface area contributed by atoms with Crippen LogP contribution in [0.15, 0.2) is 30.3 Å². The molecule has 1 aromatic carbocycles. The summed E-state index contributed by atoms with van der Waals surface area (Å²) in [4.78, 5) is 26.6. The molecule has 1 fully saturated rings. The van der Waals surface area contributed by atoms with Gasteiger partial charge < -0.3 is 15.4 Å². The lowest BCUT2D eigenvalue weighted by Gasteiger charge is -2.33. The second kappa shape index (κ2) is 8.97. The van der Waals surface area contributed by atoms with Gasteiger partial charge in [0.05, 0.1) is 6.04 Å². The maximum absolute atomic E-state index is 12.6. The normalized spacial score (nSPS) is 20.8. The summed E-state index contributed by atoms with van der Waals surface area (Å²) in [5, 5.41) is 5.81. The van der Waals surface area contributed by atoms with E-state index in [1.807, 2.05) is 30.3 Å². The first-order valence-corrected chi connectivity index (χ1v) is 8.89. The monoisotopic (exact) mass is 347 g/mol. The molecule has 1 aliphatic rings. The summed E-state index contributed by atoms with van der Waals surface area (Å²) in [6, 6.07) is 9.81. The average molecular weight is 347 g/mol. The van der Waals surface area contributed by atoms with E-state index in [0.717, 1.165) is 12.1 Å². The van der Waals surface area contributed by atoms with Crippen LogP contribution in [-0.4, -0.2) is 54.6 Å². The zero-order valence-corrected chi connectivity index (χ0v) is 15.5. The predicted octanol–water partition coefficient (Wildman–Crippen LogP) is 1.48. The van der Waals surface area contributed by atoms with E-state index in [9.17, 15) is 9.59 Å². The molecule has 2 amide bonds. The van der Waals surface area contributed by atoms with Gasteiger partial charge in [0.25, 0.3) is 5.91 Å². The van der Waals surface area contributed by atoms with E-state index in [2.05, 4.69) is 43.2 Å². The van der Waals surface area contributed by atoms with Crippen molar-refractivity contribution >= 4 is 11.8 Å². The molecule has 6 nitrogen and oxygen atoms in total. The van der Waals surface area contributed by atoms with Crippen molar-refractivity contribution in [2.24, 2.45) is 0 Å². The number of ether oxygens (including phenoxy) is 1. The maximum Gasteiger partial charge on any atom is 0.251 e. The molecule has 25 heavy (non-hydrogen) atoms. The van der Waals surface area contributed by atoms with Crippen LogP contribution in [0.1, 0.15) is 39.3 Å². The quantitative estimate of drug-likeness (QED) is 0.784. The molecule has 0 spiro atoms. The molecule has 0 aliphatic carbocycles. The molecule has 0 bridgehead atoms. The lowest BCUT2D eigenvalue weighted by molar-refractivity contribution is -0.148. The number of morpholine rings is 1. The van der Waals surface area contributed by atoms with Crippen molar-refractivity contribution in [2.45, 2.75) is 51.9 Å². The van der Waals surface area contributed by atoms with Gasteiger partial charge in [-0.3, -0.25) is 14.5 Å². The maximum atomic E-state index is 12.6. The van der Waals surface area contributed by atoms with Gasteiger partial charge in [-0.05, 0) is 33.3 Å². The summed E-state index contributed by atoms with van der Waals surface area (Å²) in [5.41, 5.74) is 0.863. The third-order valence-electron chi connectivity index (χ3n) is 4.43. The number of nitrogens with one attached hydrogen (secondary N) is 2. The lowest BCUT2D eigenvalue weighted by Crippen LogP contribution is -2.53. The Balaban J connectivity index is 1.97. The van der Waals surface area contributed by atoms with Crippen LogP contribution in [0.4, 0.5) is 0 Å². The minimum Gasteiger partial charge on any atom is -0.356 e. The van der Waals surface area contributed by atoms with Gasteiger partial charge in [0, 0.05) is 25.2 Å². The third kappa shape index (κ3) is 5.28. The number of rotatable bonds is 7. The number of carbonyl (C=O) groups excluding carboxylic acids is 2. The van der Waals surface area contributed by atoms with Gasteiger partial charge in [0.15, 0.2) is 6.10 Å². The Bertz CT molecular complexity index is 567. The van der Waals surface area contributed by atoms with Gasteiger partial charge >= 0.3 is 0 Å². The van der Waals surface area contributed by atoms with Gasteiger partial charge in [-0.1, -0.05) is 30.3 Å². The molecule has 0 radical (unpaired) electrons. The van der Waals surface area contributed by atoms with E-state index in [-0.39, 0.29) is 18.4 Å². The highest BCUT2D eigenvalue weighted by Crippen LogP contribution is 2.22. The number of hydrogen-bond acceptors (Lipinski definition) is 4. The highest BCUT2D eigenvalue weighted by atomic mass is 16.5. The predicted molar refractivity (Wildman–Crippen MR) is 97.1 cm³/mol. The average Bonchev–Trinajstić information content (AvgIpc) is 2.58. The first kappa shape index (κ1) is 19.4. The topological polar surface area (TPSA) is 70.7 Å². The van der Waals surface area contributed by atoms with Crippen LogP contribution in [0.5, 0.6) is 0 Å². The molecule has 2 rings (SSSR count). The minimum atomic E-state index is -0.716. The zero-order valence-electron chi connectivity index (χ0n) is 15.5. The number of carbonyl (C=O) groups is 2. The van der Waals surface area contributed by atoms with Crippen molar-refractivity contribution in [3.05, 3.63) is 35.9 Å². The SMILES string of the molecule is CC(C)N(CCNC(=O)[C@H]1OCC(=O)N[C@@H]1c1ccccc1)C(C)C.